The second-order valence-electron chi connectivity index (χ2n) is 7.96. The van der Waals surface area contributed by atoms with E-state index in [9.17, 15) is 13.2 Å². The van der Waals surface area contributed by atoms with Crippen molar-refractivity contribution >= 4 is 22.4 Å². The maximum atomic E-state index is 12.7. The number of aromatic nitrogens is 6. The Morgan fingerprint density at radius 2 is 1.68 bits per heavy atom. The number of hydrogen-bond acceptors (Lipinski definition) is 7. The smallest absolute Gasteiger partial charge is 0.416 e. The van der Waals surface area contributed by atoms with Gasteiger partial charge in [-0.3, -0.25) is 5.10 Å². The predicted molar refractivity (Wildman–Crippen MR) is 128 cm³/mol. The third kappa shape index (κ3) is 4.47. The van der Waals surface area contributed by atoms with Crippen LogP contribution in [0.25, 0.3) is 34.0 Å². The number of halogens is 3. The van der Waals surface area contributed by atoms with Gasteiger partial charge in [-0.15, -0.1) is 0 Å². The molecule has 6 rings (SSSR count). The number of benzene rings is 2. The fraction of sp³-hybridized carbons (Fsp3) is 0.0400. The van der Waals surface area contributed by atoms with E-state index in [0.717, 1.165) is 28.9 Å². The summed E-state index contributed by atoms with van der Waals surface area (Å²) in [5, 5.41) is 15.2. The van der Waals surface area contributed by atoms with Crippen LogP contribution in [0, 0.1) is 0 Å². The Labute approximate surface area is 206 Å². The predicted octanol–water partition coefficient (Wildman–Crippen LogP) is 6.56. The maximum absolute atomic E-state index is 12.7. The molecule has 0 saturated heterocycles. The zero-order valence-corrected chi connectivity index (χ0v) is 18.7. The number of pyridine rings is 1. The number of aromatic amines is 2. The van der Waals surface area contributed by atoms with Crippen LogP contribution in [0.5, 0.6) is 11.5 Å². The lowest BCUT2D eigenvalue weighted by Gasteiger charge is -2.09. The fourth-order valence-corrected chi connectivity index (χ4v) is 3.71. The van der Waals surface area contributed by atoms with Crippen molar-refractivity contribution in [1.82, 2.24) is 30.3 Å². The molecule has 0 amide bonds. The standard InChI is InChI=1S/C25H16F3N7O2/c26-25(27,28)15-5-9-17(10-6-15)36-16-7-3-14(4-8-16)22-33-24(37-35-22)21-20(13-31-34-21)32-19-12-30-23-18(19)2-1-11-29-23/h1-13,32H,(H,29,30)(H,31,34). The number of nitrogens with one attached hydrogen (secondary N) is 3. The van der Waals surface area contributed by atoms with Gasteiger partial charge in [0, 0.05) is 23.3 Å². The third-order valence-corrected chi connectivity index (χ3v) is 5.53. The Balaban J connectivity index is 1.18. The van der Waals surface area contributed by atoms with E-state index in [-0.39, 0.29) is 11.6 Å². The van der Waals surface area contributed by atoms with Crippen molar-refractivity contribution in [2.75, 3.05) is 5.32 Å². The molecule has 37 heavy (non-hydrogen) atoms. The van der Waals surface area contributed by atoms with Crippen LogP contribution in [-0.4, -0.2) is 30.3 Å². The molecule has 4 aromatic heterocycles. The van der Waals surface area contributed by atoms with Crippen molar-refractivity contribution in [3.05, 3.63) is 84.8 Å². The van der Waals surface area contributed by atoms with E-state index in [0.29, 0.717) is 28.5 Å². The number of anilines is 2. The number of rotatable bonds is 6. The molecule has 0 fully saturated rings. The van der Waals surface area contributed by atoms with Gasteiger partial charge in [0.2, 0.25) is 5.82 Å². The van der Waals surface area contributed by atoms with Crippen molar-refractivity contribution in [2.45, 2.75) is 6.18 Å². The molecule has 6 aromatic rings. The van der Waals surface area contributed by atoms with E-state index in [1.165, 1.54) is 12.1 Å². The van der Waals surface area contributed by atoms with Gasteiger partial charge in [-0.1, -0.05) is 5.16 Å². The number of fused-ring (bicyclic) bond motifs is 1. The van der Waals surface area contributed by atoms with Crippen molar-refractivity contribution in [3.63, 3.8) is 0 Å². The summed E-state index contributed by atoms with van der Waals surface area (Å²) >= 11 is 0. The van der Waals surface area contributed by atoms with E-state index in [1.54, 1.807) is 36.7 Å². The maximum Gasteiger partial charge on any atom is 0.416 e. The van der Waals surface area contributed by atoms with Gasteiger partial charge < -0.3 is 19.6 Å². The van der Waals surface area contributed by atoms with Gasteiger partial charge in [-0.25, -0.2) is 4.98 Å². The van der Waals surface area contributed by atoms with Crippen LogP contribution < -0.4 is 10.1 Å². The first kappa shape index (κ1) is 22.3. The van der Waals surface area contributed by atoms with E-state index >= 15 is 0 Å². The van der Waals surface area contributed by atoms with E-state index < -0.39 is 11.7 Å². The van der Waals surface area contributed by atoms with Crippen molar-refractivity contribution < 1.29 is 22.4 Å². The van der Waals surface area contributed by atoms with Crippen molar-refractivity contribution in [2.24, 2.45) is 0 Å². The minimum Gasteiger partial charge on any atom is -0.457 e. The lowest BCUT2D eigenvalue weighted by atomic mass is 10.2. The third-order valence-electron chi connectivity index (χ3n) is 5.53. The van der Waals surface area contributed by atoms with Crippen molar-refractivity contribution in [1.29, 1.82) is 0 Å². The highest BCUT2D eigenvalue weighted by Crippen LogP contribution is 2.33. The Morgan fingerprint density at radius 1 is 0.919 bits per heavy atom. The van der Waals surface area contributed by atoms with Crippen LogP contribution in [0.1, 0.15) is 5.56 Å². The quantitative estimate of drug-likeness (QED) is 0.236. The van der Waals surface area contributed by atoms with Crippen LogP contribution in [-0.2, 0) is 6.18 Å². The first-order chi connectivity index (χ1) is 17.9. The minimum absolute atomic E-state index is 0.234. The van der Waals surface area contributed by atoms with Gasteiger partial charge in [-0.2, -0.15) is 23.3 Å². The molecule has 2 aromatic carbocycles. The molecule has 12 heteroatoms. The first-order valence-corrected chi connectivity index (χ1v) is 11.0. The topological polar surface area (TPSA) is 118 Å². The fourth-order valence-electron chi connectivity index (χ4n) is 3.71. The van der Waals surface area contributed by atoms with Gasteiger partial charge >= 0.3 is 6.18 Å². The average molecular weight is 503 g/mol. The van der Waals surface area contributed by atoms with Crippen molar-refractivity contribution in [3.8, 4) is 34.5 Å². The molecule has 184 valence electrons. The van der Waals surface area contributed by atoms with Gasteiger partial charge in [0.15, 0.2) is 0 Å². The molecule has 0 bridgehead atoms. The summed E-state index contributed by atoms with van der Waals surface area (Å²) in [6, 6.07) is 15.0. The van der Waals surface area contributed by atoms with Gasteiger partial charge in [0.05, 0.1) is 23.1 Å². The van der Waals surface area contributed by atoms with Gasteiger partial charge in [0.1, 0.15) is 22.8 Å². The first-order valence-electron chi connectivity index (χ1n) is 11.0. The molecule has 0 spiro atoms. The molecule has 0 unspecified atom stereocenters. The molecule has 0 saturated carbocycles. The monoisotopic (exact) mass is 503 g/mol. The lowest BCUT2D eigenvalue weighted by molar-refractivity contribution is -0.137. The second kappa shape index (κ2) is 8.82. The molecule has 9 nitrogen and oxygen atoms in total. The molecule has 0 atom stereocenters. The molecule has 4 heterocycles. The van der Waals surface area contributed by atoms with Crippen LogP contribution in [0.4, 0.5) is 24.5 Å². The van der Waals surface area contributed by atoms with Crippen LogP contribution >= 0.6 is 0 Å². The molecule has 0 aliphatic heterocycles. The summed E-state index contributed by atoms with van der Waals surface area (Å²) < 4.78 is 49.3. The Kier molecular flexibility index (Phi) is 5.33. The van der Waals surface area contributed by atoms with Crippen LogP contribution in [0.2, 0.25) is 0 Å². The highest BCUT2D eigenvalue weighted by Gasteiger charge is 2.30. The summed E-state index contributed by atoms with van der Waals surface area (Å²) in [5.41, 5.74) is 2.64. The molecule has 0 aliphatic carbocycles. The summed E-state index contributed by atoms with van der Waals surface area (Å²) in [6.45, 7) is 0. The second-order valence-corrected chi connectivity index (χ2v) is 7.96. The zero-order chi connectivity index (χ0) is 25.4. The summed E-state index contributed by atoms with van der Waals surface area (Å²) in [5.74, 6) is 1.30. The lowest BCUT2D eigenvalue weighted by Crippen LogP contribution is -2.03. The van der Waals surface area contributed by atoms with Crippen LogP contribution in [0.15, 0.2) is 83.8 Å². The van der Waals surface area contributed by atoms with Gasteiger partial charge in [0.25, 0.3) is 5.89 Å². The normalized spacial score (nSPS) is 11.6. The summed E-state index contributed by atoms with van der Waals surface area (Å²) in [7, 11) is 0. The van der Waals surface area contributed by atoms with Gasteiger partial charge in [-0.05, 0) is 60.7 Å². The Bertz CT molecular complexity index is 1670. The zero-order valence-electron chi connectivity index (χ0n) is 18.7. The molecular weight excluding hydrogens is 487 g/mol. The summed E-state index contributed by atoms with van der Waals surface area (Å²) in [6.07, 6.45) is 0.730. The van der Waals surface area contributed by atoms with E-state index in [1.807, 2.05) is 18.3 Å². The largest absolute Gasteiger partial charge is 0.457 e. The minimum atomic E-state index is -4.40. The number of nitrogens with zero attached hydrogens (tertiary/aromatic N) is 4. The number of alkyl halides is 3. The Morgan fingerprint density at radius 3 is 2.43 bits per heavy atom. The molecular formula is C25H16F3N7O2. The summed E-state index contributed by atoms with van der Waals surface area (Å²) in [4.78, 5) is 11.8. The number of hydrogen-bond donors (Lipinski definition) is 3. The van der Waals surface area contributed by atoms with E-state index in [2.05, 4.69) is 35.6 Å². The number of ether oxygens (including phenoxy) is 1. The number of H-pyrrole nitrogens is 2. The molecule has 0 radical (unpaired) electrons. The van der Waals surface area contributed by atoms with Crippen LogP contribution in [0.3, 0.4) is 0 Å². The molecule has 0 aliphatic rings. The Hall–Kier alpha value is -5.13. The average Bonchev–Trinajstić information content (AvgIpc) is 3.65. The molecule has 3 N–H and O–H groups in total. The SMILES string of the molecule is FC(F)(F)c1ccc(Oc2ccc(-c3noc(-c4[nH]ncc4Nc4c[nH]c5ncccc45)n3)cc2)cc1. The highest BCUT2D eigenvalue weighted by atomic mass is 19.4. The van der Waals surface area contributed by atoms with E-state index in [4.69, 9.17) is 9.26 Å². The highest BCUT2D eigenvalue weighted by molar-refractivity contribution is 5.93.